The van der Waals surface area contributed by atoms with Gasteiger partial charge in [0.1, 0.15) is 5.82 Å². The van der Waals surface area contributed by atoms with Crippen LogP contribution in [0.2, 0.25) is 0 Å². The van der Waals surface area contributed by atoms with E-state index < -0.39 is 0 Å². The molecule has 7 heteroatoms. The number of nitrogens with two attached hydrogens (primary N) is 1. The zero-order valence-electron chi connectivity index (χ0n) is 10.8. The first kappa shape index (κ1) is 13.0. The predicted molar refractivity (Wildman–Crippen MR) is 71.3 cm³/mol. The molecule has 2 heterocycles. The summed E-state index contributed by atoms with van der Waals surface area (Å²) in [6, 6.07) is 0. The fourth-order valence-electron chi connectivity index (χ4n) is 1.92. The maximum absolute atomic E-state index is 5.41. The van der Waals surface area contributed by atoms with Gasteiger partial charge < -0.3 is 10.2 Å². The number of aryl methyl sites for hydroxylation is 1. The first-order valence-corrected chi connectivity index (χ1v) is 6.50. The van der Waals surface area contributed by atoms with E-state index in [0.29, 0.717) is 5.95 Å². The first-order valence-electron chi connectivity index (χ1n) is 6.50. The molecule has 7 nitrogen and oxygen atoms in total. The van der Waals surface area contributed by atoms with E-state index in [4.69, 9.17) is 5.84 Å². The molecule has 0 saturated carbocycles. The lowest BCUT2D eigenvalue weighted by atomic mass is 10.2. The maximum Gasteiger partial charge on any atom is 0.242 e. The minimum atomic E-state index is 0.449. The lowest BCUT2D eigenvalue weighted by molar-refractivity contribution is 0.577. The number of rotatable bonds is 5. The molecular formula is C11H21N7. The molecule has 0 unspecified atom stereocenters. The van der Waals surface area contributed by atoms with Gasteiger partial charge in [-0.2, -0.15) is 15.0 Å². The summed E-state index contributed by atoms with van der Waals surface area (Å²) in [4.78, 5) is 15.3. The maximum atomic E-state index is 5.41. The van der Waals surface area contributed by atoms with Gasteiger partial charge in [0.15, 0.2) is 0 Å². The molecule has 1 aromatic heterocycles. The van der Waals surface area contributed by atoms with Crippen molar-refractivity contribution in [2.75, 3.05) is 36.5 Å². The van der Waals surface area contributed by atoms with Crippen molar-refractivity contribution in [3.8, 4) is 0 Å². The minimum Gasteiger partial charge on any atom is -0.338 e. The molecule has 0 spiro atoms. The number of anilines is 2. The lowest BCUT2D eigenvalue weighted by Gasteiger charge is -2.27. The summed E-state index contributed by atoms with van der Waals surface area (Å²) in [5.74, 6) is 7.40. The second kappa shape index (κ2) is 6.46. The van der Waals surface area contributed by atoms with Crippen LogP contribution in [-0.4, -0.2) is 41.1 Å². The van der Waals surface area contributed by atoms with E-state index in [1.165, 1.54) is 0 Å². The van der Waals surface area contributed by atoms with Crippen LogP contribution >= 0.6 is 0 Å². The molecule has 2 rings (SSSR count). The van der Waals surface area contributed by atoms with Crippen LogP contribution in [0, 0.1) is 0 Å². The predicted octanol–water partition coefficient (Wildman–Crippen LogP) is -0.0906. The highest BCUT2D eigenvalue weighted by molar-refractivity contribution is 5.37. The largest absolute Gasteiger partial charge is 0.338 e. The number of nitrogen functional groups attached to an aromatic ring is 1. The summed E-state index contributed by atoms with van der Waals surface area (Å²) in [6.45, 7) is 5.91. The highest BCUT2D eigenvalue weighted by Crippen LogP contribution is 2.12. The zero-order chi connectivity index (χ0) is 12.8. The molecule has 0 aromatic carbocycles. The van der Waals surface area contributed by atoms with Crippen molar-refractivity contribution in [3.05, 3.63) is 5.82 Å². The van der Waals surface area contributed by atoms with Crippen molar-refractivity contribution in [1.82, 2.24) is 20.3 Å². The van der Waals surface area contributed by atoms with E-state index >= 15 is 0 Å². The summed E-state index contributed by atoms with van der Waals surface area (Å²) < 4.78 is 0. The monoisotopic (exact) mass is 251 g/mol. The van der Waals surface area contributed by atoms with E-state index in [1.54, 1.807) is 0 Å². The Labute approximate surface area is 107 Å². The van der Waals surface area contributed by atoms with E-state index in [0.717, 1.165) is 57.2 Å². The Morgan fingerprint density at radius 2 is 2.06 bits per heavy atom. The summed E-state index contributed by atoms with van der Waals surface area (Å²) in [7, 11) is 0. The van der Waals surface area contributed by atoms with Crippen LogP contribution in [-0.2, 0) is 6.42 Å². The molecule has 100 valence electrons. The number of nitrogens with zero attached hydrogens (tertiary/aromatic N) is 4. The third kappa shape index (κ3) is 3.27. The number of aromatic nitrogens is 3. The molecule has 0 atom stereocenters. The van der Waals surface area contributed by atoms with Crippen LogP contribution in [0.3, 0.4) is 0 Å². The molecule has 1 fully saturated rings. The Kier molecular flexibility index (Phi) is 4.66. The molecule has 0 bridgehead atoms. The van der Waals surface area contributed by atoms with Gasteiger partial charge in [-0.1, -0.05) is 13.3 Å². The molecule has 0 radical (unpaired) electrons. The second-order valence-electron chi connectivity index (χ2n) is 4.36. The molecule has 18 heavy (non-hydrogen) atoms. The smallest absolute Gasteiger partial charge is 0.242 e. The molecule has 0 aliphatic carbocycles. The van der Waals surface area contributed by atoms with E-state index in [-0.39, 0.29) is 0 Å². The fraction of sp³-hybridized carbons (Fsp3) is 0.727. The topological polar surface area (TPSA) is 92.0 Å². The normalized spacial score (nSPS) is 15.8. The van der Waals surface area contributed by atoms with Crippen LogP contribution in [0.1, 0.15) is 25.6 Å². The van der Waals surface area contributed by atoms with Gasteiger partial charge >= 0.3 is 0 Å². The summed E-state index contributed by atoms with van der Waals surface area (Å²) >= 11 is 0. The minimum absolute atomic E-state index is 0.449. The number of hydrogen-bond acceptors (Lipinski definition) is 7. The Hall–Kier alpha value is -1.47. The summed E-state index contributed by atoms with van der Waals surface area (Å²) in [5.41, 5.74) is 2.52. The average Bonchev–Trinajstić information content (AvgIpc) is 2.45. The lowest BCUT2D eigenvalue weighted by Crippen LogP contribution is -2.44. The van der Waals surface area contributed by atoms with Crippen LogP contribution in [0.15, 0.2) is 0 Å². The van der Waals surface area contributed by atoms with Gasteiger partial charge in [-0.15, -0.1) is 0 Å². The van der Waals surface area contributed by atoms with Crippen LogP contribution < -0.4 is 21.5 Å². The Balaban J connectivity index is 2.16. The van der Waals surface area contributed by atoms with E-state index in [1.807, 2.05) is 0 Å². The van der Waals surface area contributed by atoms with Gasteiger partial charge in [0.2, 0.25) is 11.9 Å². The Bertz CT molecular complexity index is 376. The molecule has 1 aromatic rings. The van der Waals surface area contributed by atoms with Crippen molar-refractivity contribution in [3.63, 3.8) is 0 Å². The number of hydrazine groups is 1. The van der Waals surface area contributed by atoms with E-state index in [2.05, 4.69) is 37.5 Å². The van der Waals surface area contributed by atoms with Crippen molar-refractivity contribution in [1.29, 1.82) is 0 Å². The van der Waals surface area contributed by atoms with Crippen LogP contribution in [0.25, 0.3) is 0 Å². The van der Waals surface area contributed by atoms with Gasteiger partial charge in [0, 0.05) is 32.6 Å². The number of hydrogen-bond donors (Lipinski definition) is 3. The summed E-state index contributed by atoms with van der Waals surface area (Å²) in [6.07, 6.45) is 3.07. The molecule has 0 amide bonds. The fourth-order valence-corrected chi connectivity index (χ4v) is 1.92. The zero-order valence-corrected chi connectivity index (χ0v) is 10.8. The second-order valence-corrected chi connectivity index (χ2v) is 4.36. The Morgan fingerprint density at radius 3 is 2.72 bits per heavy atom. The molecule has 4 N–H and O–H groups in total. The SMILES string of the molecule is CCCCc1nc(NN)nc(N2CCNCC2)n1. The van der Waals surface area contributed by atoms with Crippen molar-refractivity contribution in [2.24, 2.45) is 5.84 Å². The van der Waals surface area contributed by atoms with Gasteiger partial charge in [0.25, 0.3) is 0 Å². The number of unbranched alkanes of at least 4 members (excludes halogenated alkanes) is 1. The summed E-state index contributed by atoms with van der Waals surface area (Å²) in [5, 5.41) is 3.31. The van der Waals surface area contributed by atoms with Crippen molar-refractivity contribution in [2.45, 2.75) is 26.2 Å². The van der Waals surface area contributed by atoms with Gasteiger partial charge in [-0.3, -0.25) is 5.43 Å². The number of nitrogens with one attached hydrogen (secondary N) is 2. The molecular weight excluding hydrogens is 230 g/mol. The van der Waals surface area contributed by atoms with Gasteiger partial charge in [-0.25, -0.2) is 5.84 Å². The van der Waals surface area contributed by atoms with Gasteiger partial charge in [0.05, 0.1) is 0 Å². The van der Waals surface area contributed by atoms with Gasteiger partial charge in [-0.05, 0) is 6.42 Å². The average molecular weight is 251 g/mol. The molecule has 1 aliphatic rings. The third-order valence-corrected chi connectivity index (χ3v) is 2.95. The Morgan fingerprint density at radius 1 is 1.28 bits per heavy atom. The third-order valence-electron chi connectivity index (χ3n) is 2.95. The molecule has 1 saturated heterocycles. The quantitative estimate of drug-likeness (QED) is 0.497. The highest BCUT2D eigenvalue weighted by atomic mass is 15.4. The highest BCUT2D eigenvalue weighted by Gasteiger charge is 2.15. The first-order chi connectivity index (χ1) is 8.83. The van der Waals surface area contributed by atoms with Crippen molar-refractivity contribution >= 4 is 11.9 Å². The molecule has 1 aliphatic heterocycles. The van der Waals surface area contributed by atoms with Crippen LogP contribution in [0.5, 0.6) is 0 Å². The van der Waals surface area contributed by atoms with Crippen LogP contribution in [0.4, 0.5) is 11.9 Å². The standard InChI is InChI=1S/C11H21N7/c1-2-3-4-9-14-10(17-12)16-11(15-9)18-7-5-13-6-8-18/h13H,2-8,12H2,1H3,(H,14,15,16,17). The number of piperazine rings is 1. The van der Waals surface area contributed by atoms with Crippen molar-refractivity contribution < 1.29 is 0 Å². The van der Waals surface area contributed by atoms with E-state index in [9.17, 15) is 0 Å².